The highest BCUT2D eigenvalue weighted by Gasteiger charge is 2.38. The van der Waals surface area contributed by atoms with Gasteiger partial charge in [0.15, 0.2) is 0 Å². The molecule has 1 aliphatic rings. The number of halogens is 3. The van der Waals surface area contributed by atoms with Gasteiger partial charge in [0.1, 0.15) is 5.75 Å². The van der Waals surface area contributed by atoms with Gasteiger partial charge in [0.25, 0.3) is 5.91 Å². The van der Waals surface area contributed by atoms with Crippen LogP contribution in [0.3, 0.4) is 0 Å². The molecule has 19 heavy (non-hydrogen) atoms. The van der Waals surface area contributed by atoms with Crippen molar-refractivity contribution in [3.05, 3.63) is 29.3 Å². The third kappa shape index (κ3) is 3.00. The molecule has 0 unspecified atom stereocenters. The lowest BCUT2D eigenvalue weighted by Crippen LogP contribution is -2.26. The van der Waals surface area contributed by atoms with Crippen molar-refractivity contribution in [2.75, 3.05) is 14.1 Å². The Morgan fingerprint density at radius 2 is 1.95 bits per heavy atom. The van der Waals surface area contributed by atoms with Crippen molar-refractivity contribution in [1.29, 1.82) is 0 Å². The number of amides is 1. The van der Waals surface area contributed by atoms with Crippen molar-refractivity contribution < 1.29 is 22.7 Å². The average molecular weight is 273 g/mol. The zero-order chi connectivity index (χ0) is 14.2. The Morgan fingerprint density at radius 3 is 2.42 bits per heavy atom. The second-order valence-corrected chi connectivity index (χ2v) is 4.69. The molecule has 0 atom stereocenters. The molecule has 0 aromatic heterocycles. The van der Waals surface area contributed by atoms with Crippen molar-refractivity contribution in [3.63, 3.8) is 0 Å². The number of alkyl halides is 3. The van der Waals surface area contributed by atoms with Crippen LogP contribution in [0.5, 0.6) is 5.75 Å². The maximum Gasteiger partial charge on any atom is 0.417 e. The molecule has 1 aromatic carbocycles. The van der Waals surface area contributed by atoms with E-state index in [0.717, 1.165) is 23.8 Å². The third-order valence-corrected chi connectivity index (χ3v) is 2.77. The number of rotatable bonds is 3. The van der Waals surface area contributed by atoms with Gasteiger partial charge in [0.2, 0.25) is 0 Å². The zero-order valence-corrected chi connectivity index (χ0v) is 10.6. The summed E-state index contributed by atoms with van der Waals surface area (Å²) < 4.78 is 44.4. The van der Waals surface area contributed by atoms with Crippen molar-refractivity contribution in [2.45, 2.75) is 25.1 Å². The minimum atomic E-state index is -4.58. The highest BCUT2D eigenvalue weighted by atomic mass is 19.4. The summed E-state index contributed by atoms with van der Waals surface area (Å²) >= 11 is 0. The molecule has 2 rings (SSSR count). The highest BCUT2D eigenvalue weighted by Crippen LogP contribution is 2.38. The molecular weight excluding hydrogens is 259 g/mol. The molecule has 6 heteroatoms. The fourth-order valence-corrected chi connectivity index (χ4v) is 1.68. The molecule has 0 heterocycles. The summed E-state index contributed by atoms with van der Waals surface area (Å²) in [6.07, 6.45) is -3.03. The number of nitrogens with zero attached hydrogens (tertiary/aromatic N) is 1. The van der Waals surface area contributed by atoms with Crippen LogP contribution in [0.25, 0.3) is 0 Å². The first-order valence-electron chi connectivity index (χ1n) is 5.89. The molecule has 0 saturated heterocycles. The molecule has 1 aromatic rings. The van der Waals surface area contributed by atoms with Crippen LogP contribution in [0, 0.1) is 0 Å². The average Bonchev–Trinajstić information content (AvgIpc) is 3.10. The van der Waals surface area contributed by atoms with Crippen LogP contribution in [-0.4, -0.2) is 31.0 Å². The number of hydrogen-bond donors (Lipinski definition) is 0. The van der Waals surface area contributed by atoms with Crippen LogP contribution in [0.1, 0.15) is 28.8 Å². The maximum absolute atomic E-state index is 13.0. The third-order valence-electron chi connectivity index (χ3n) is 2.77. The molecule has 3 nitrogen and oxygen atoms in total. The molecule has 0 bridgehead atoms. The van der Waals surface area contributed by atoms with Gasteiger partial charge in [-0.2, -0.15) is 13.2 Å². The van der Waals surface area contributed by atoms with Gasteiger partial charge in [-0.15, -0.1) is 0 Å². The fourth-order valence-electron chi connectivity index (χ4n) is 1.68. The van der Waals surface area contributed by atoms with E-state index in [1.807, 2.05) is 0 Å². The van der Waals surface area contributed by atoms with E-state index in [2.05, 4.69) is 0 Å². The van der Waals surface area contributed by atoms with E-state index in [-0.39, 0.29) is 11.9 Å². The molecule has 0 N–H and O–H groups in total. The topological polar surface area (TPSA) is 29.5 Å². The SMILES string of the molecule is CN(C)C(=O)c1c(OC2CC2)cccc1C(F)(F)F. The van der Waals surface area contributed by atoms with Gasteiger partial charge in [-0.3, -0.25) is 4.79 Å². The van der Waals surface area contributed by atoms with Gasteiger partial charge in [-0.25, -0.2) is 0 Å². The first-order chi connectivity index (χ1) is 8.80. The van der Waals surface area contributed by atoms with Crippen molar-refractivity contribution in [1.82, 2.24) is 4.90 Å². The zero-order valence-electron chi connectivity index (χ0n) is 10.6. The lowest BCUT2D eigenvalue weighted by Gasteiger charge is -2.19. The van der Waals surface area contributed by atoms with Gasteiger partial charge in [0.05, 0.1) is 17.2 Å². The summed E-state index contributed by atoms with van der Waals surface area (Å²) in [5.41, 5.74) is -1.36. The monoisotopic (exact) mass is 273 g/mol. The first kappa shape index (κ1) is 13.7. The Hall–Kier alpha value is -1.72. The number of hydrogen-bond acceptors (Lipinski definition) is 2. The predicted molar refractivity (Wildman–Crippen MR) is 63.1 cm³/mol. The van der Waals surface area contributed by atoms with E-state index in [0.29, 0.717) is 0 Å². The summed E-state index contributed by atoms with van der Waals surface area (Å²) in [7, 11) is 2.83. The lowest BCUT2D eigenvalue weighted by molar-refractivity contribution is -0.138. The van der Waals surface area contributed by atoms with Crippen molar-refractivity contribution in [2.24, 2.45) is 0 Å². The molecule has 1 amide bonds. The fraction of sp³-hybridized carbons (Fsp3) is 0.462. The summed E-state index contributed by atoms with van der Waals surface area (Å²) in [4.78, 5) is 13.1. The summed E-state index contributed by atoms with van der Waals surface area (Å²) in [5, 5.41) is 0. The van der Waals surface area contributed by atoms with E-state index in [4.69, 9.17) is 4.74 Å². The first-order valence-corrected chi connectivity index (χ1v) is 5.89. The van der Waals surface area contributed by atoms with Crippen molar-refractivity contribution in [3.8, 4) is 5.75 Å². The minimum absolute atomic E-state index is 0.0102. The van der Waals surface area contributed by atoms with Gasteiger partial charge in [0, 0.05) is 14.1 Å². The van der Waals surface area contributed by atoms with Crippen LogP contribution in [0.2, 0.25) is 0 Å². The Balaban J connectivity index is 2.50. The van der Waals surface area contributed by atoms with Gasteiger partial charge >= 0.3 is 6.18 Å². The molecule has 104 valence electrons. The second kappa shape index (κ2) is 4.75. The Labute approximate surface area is 109 Å². The number of benzene rings is 1. The quantitative estimate of drug-likeness (QED) is 0.847. The van der Waals surface area contributed by atoms with Gasteiger partial charge in [-0.05, 0) is 25.0 Å². The molecule has 1 saturated carbocycles. The Morgan fingerprint density at radius 1 is 1.32 bits per heavy atom. The van der Waals surface area contributed by atoms with E-state index < -0.39 is 23.2 Å². The Bertz CT molecular complexity index is 493. The van der Waals surface area contributed by atoms with Crippen LogP contribution in [-0.2, 0) is 6.18 Å². The molecular formula is C13H14F3NO2. The van der Waals surface area contributed by atoms with E-state index in [1.165, 1.54) is 26.2 Å². The molecule has 1 fully saturated rings. The van der Waals surface area contributed by atoms with Crippen LogP contribution < -0.4 is 4.74 Å². The van der Waals surface area contributed by atoms with Gasteiger partial charge in [-0.1, -0.05) is 6.07 Å². The smallest absolute Gasteiger partial charge is 0.417 e. The molecule has 0 aliphatic heterocycles. The molecule has 1 aliphatic carbocycles. The maximum atomic E-state index is 13.0. The predicted octanol–water partition coefficient (Wildman–Crippen LogP) is 2.95. The van der Waals surface area contributed by atoms with E-state index in [1.54, 1.807) is 0 Å². The minimum Gasteiger partial charge on any atom is -0.490 e. The van der Waals surface area contributed by atoms with E-state index in [9.17, 15) is 18.0 Å². The summed E-state index contributed by atoms with van der Waals surface area (Å²) in [5.74, 6) is -0.695. The van der Waals surface area contributed by atoms with Crippen LogP contribution in [0.15, 0.2) is 18.2 Å². The standard InChI is InChI=1S/C13H14F3NO2/c1-17(2)12(18)11-9(13(14,15)16)4-3-5-10(11)19-8-6-7-8/h3-5,8H,6-7H2,1-2H3. The number of carbonyl (C=O) groups is 1. The van der Waals surface area contributed by atoms with Crippen LogP contribution in [0.4, 0.5) is 13.2 Å². The van der Waals surface area contributed by atoms with E-state index >= 15 is 0 Å². The van der Waals surface area contributed by atoms with Gasteiger partial charge < -0.3 is 9.64 Å². The number of carbonyl (C=O) groups excluding carboxylic acids is 1. The van der Waals surface area contributed by atoms with Crippen LogP contribution >= 0.6 is 0 Å². The summed E-state index contributed by atoms with van der Waals surface area (Å²) in [6, 6.07) is 3.56. The van der Waals surface area contributed by atoms with Crippen molar-refractivity contribution >= 4 is 5.91 Å². The second-order valence-electron chi connectivity index (χ2n) is 4.69. The summed E-state index contributed by atoms with van der Waals surface area (Å²) in [6.45, 7) is 0. The lowest BCUT2D eigenvalue weighted by atomic mass is 10.0. The highest BCUT2D eigenvalue weighted by molar-refractivity contribution is 5.98. The normalized spacial score (nSPS) is 15.2. The molecule has 0 spiro atoms. The largest absolute Gasteiger partial charge is 0.490 e. The number of ether oxygens (including phenoxy) is 1. The Kier molecular flexibility index (Phi) is 3.43. The molecule has 0 radical (unpaired) electrons.